The van der Waals surface area contributed by atoms with Gasteiger partial charge in [-0.05, 0) is 23.8 Å². The van der Waals surface area contributed by atoms with Crippen molar-refractivity contribution in [2.24, 2.45) is 0 Å². The van der Waals surface area contributed by atoms with Crippen LogP contribution in [0.25, 0.3) is 0 Å². The maximum atomic E-state index is 13.5. The van der Waals surface area contributed by atoms with Gasteiger partial charge in [0.15, 0.2) is 0 Å². The van der Waals surface area contributed by atoms with E-state index in [-0.39, 0.29) is 17.7 Å². The van der Waals surface area contributed by atoms with Crippen molar-refractivity contribution in [3.63, 3.8) is 0 Å². The number of hydrogen-bond donors (Lipinski definition) is 2. The van der Waals surface area contributed by atoms with E-state index in [1.807, 2.05) is 6.07 Å². The highest BCUT2D eigenvalue weighted by Crippen LogP contribution is 2.16. The molecule has 0 aliphatic rings. The van der Waals surface area contributed by atoms with Gasteiger partial charge < -0.3 is 10.4 Å². The summed E-state index contributed by atoms with van der Waals surface area (Å²) in [5.41, 5.74) is 0.576. The molecule has 0 saturated heterocycles. The lowest BCUT2D eigenvalue weighted by atomic mass is 10.1. The Hall–Kier alpha value is -2.69. The van der Waals surface area contributed by atoms with Crippen molar-refractivity contribution in [2.75, 3.05) is 5.32 Å². The zero-order valence-electron chi connectivity index (χ0n) is 10.5. The van der Waals surface area contributed by atoms with E-state index in [9.17, 15) is 14.0 Å². The summed E-state index contributed by atoms with van der Waals surface area (Å²) >= 11 is 0. The summed E-state index contributed by atoms with van der Waals surface area (Å²) < 4.78 is 13.5. The molecule has 0 radical (unpaired) electrons. The molecule has 0 aliphatic carbocycles. The largest absolute Gasteiger partial charge is 0.478 e. The van der Waals surface area contributed by atoms with Crippen LogP contribution in [0.4, 0.5) is 10.1 Å². The second kappa shape index (κ2) is 5.97. The van der Waals surface area contributed by atoms with Crippen molar-refractivity contribution in [2.45, 2.75) is 6.42 Å². The molecular weight excluding hydrogens is 261 g/mol. The van der Waals surface area contributed by atoms with Crippen LogP contribution in [-0.4, -0.2) is 17.0 Å². The molecular formula is C15H12FNO3. The van der Waals surface area contributed by atoms with Gasteiger partial charge in [-0.25, -0.2) is 9.18 Å². The molecule has 0 fully saturated rings. The fraction of sp³-hybridized carbons (Fsp3) is 0.0667. The molecule has 0 bridgehead atoms. The zero-order chi connectivity index (χ0) is 14.5. The predicted octanol–water partition coefficient (Wildman–Crippen LogP) is 2.71. The Morgan fingerprint density at radius 1 is 1.10 bits per heavy atom. The lowest BCUT2D eigenvalue weighted by Gasteiger charge is -2.07. The minimum absolute atomic E-state index is 0.0820. The van der Waals surface area contributed by atoms with Gasteiger partial charge in [-0.2, -0.15) is 0 Å². The fourth-order valence-electron chi connectivity index (χ4n) is 1.73. The van der Waals surface area contributed by atoms with Gasteiger partial charge >= 0.3 is 5.97 Å². The lowest BCUT2D eigenvalue weighted by Crippen LogP contribution is -2.15. The van der Waals surface area contributed by atoms with Gasteiger partial charge in [0.1, 0.15) is 5.82 Å². The van der Waals surface area contributed by atoms with Crippen LogP contribution in [0.5, 0.6) is 0 Å². The van der Waals surface area contributed by atoms with E-state index < -0.39 is 17.7 Å². The van der Waals surface area contributed by atoms with Crippen LogP contribution in [0.1, 0.15) is 15.9 Å². The number of carbonyl (C=O) groups excluding carboxylic acids is 1. The Morgan fingerprint density at radius 2 is 1.80 bits per heavy atom. The SMILES string of the molecule is O=C(Cc1ccccc1)Nc1cc(C(=O)O)ccc1F. The maximum absolute atomic E-state index is 13.5. The summed E-state index contributed by atoms with van der Waals surface area (Å²) in [6, 6.07) is 12.2. The van der Waals surface area contributed by atoms with Gasteiger partial charge in [0.2, 0.25) is 5.91 Å². The van der Waals surface area contributed by atoms with E-state index in [0.717, 1.165) is 23.8 Å². The number of aromatic carboxylic acids is 1. The van der Waals surface area contributed by atoms with E-state index in [1.165, 1.54) is 0 Å². The first-order valence-corrected chi connectivity index (χ1v) is 5.93. The molecule has 0 atom stereocenters. The Labute approximate surface area is 114 Å². The Balaban J connectivity index is 2.11. The number of hydrogen-bond acceptors (Lipinski definition) is 2. The summed E-state index contributed by atoms with van der Waals surface area (Å²) in [4.78, 5) is 22.6. The number of carboxylic acids is 1. The van der Waals surface area contributed by atoms with Gasteiger partial charge in [-0.15, -0.1) is 0 Å². The van der Waals surface area contributed by atoms with Crippen LogP contribution in [0.2, 0.25) is 0 Å². The molecule has 2 rings (SSSR count). The molecule has 1 amide bonds. The van der Waals surface area contributed by atoms with E-state index in [0.29, 0.717) is 0 Å². The van der Waals surface area contributed by atoms with Crippen molar-refractivity contribution < 1.29 is 19.1 Å². The molecule has 0 aliphatic heterocycles. The molecule has 102 valence electrons. The first-order chi connectivity index (χ1) is 9.56. The minimum Gasteiger partial charge on any atom is -0.478 e. The third kappa shape index (κ3) is 3.41. The molecule has 4 nitrogen and oxygen atoms in total. The zero-order valence-corrected chi connectivity index (χ0v) is 10.5. The molecule has 2 aromatic carbocycles. The molecule has 0 spiro atoms. The van der Waals surface area contributed by atoms with Crippen LogP contribution in [0.15, 0.2) is 48.5 Å². The maximum Gasteiger partial charge on any atom is 0.335 e. The van der Waals surface area contributed by atoms with Gasteiger partial charge in [0.25, 0.3) is 0 Å². The molecule has 5 heteroatoms. The van der Waals surface area contributed by atoms with Crippen molar-refractivity contribution in [1.29, 1.82) is 0 Å². The summed E-state index contributed by atoms with van der Waals surface area (Å²) in [5, 5.41) is 11.2. The monoisotopic (exact) mass is 273 g/mol. The lowest BCUT2D eigenvalue weighted by molar-refractivity contribution is -0.115. The van der Waals surface area contributed by atoms with E-state index >= 15 is 0 Å². The number of amides is 1. The Bertz CT molecular complexity index is 641. The number of anilines is 1. The fourth-order valence-corrected chi connectivity index (χ4v) is 1.73. The van der Waals surface area contributed by atoms with E-state index in [2.05, 4.69) is 5.32 Å². The average molecular weight is 273 g/mol. The Kier molecular flexibility index (Phi) is 4.10. The molecule has 0 aromatic heterocycles. The van der Waals surface area contributed by atoms with E-state index in [4.69, 9.17) is 5.11 Å². The highest BCUT2D eigenvalue weighted by molar-refractivity contribution is 5.94. The standard InChI is InChI=1S/C15H12FNO3/c16-12-7-6-11(15(19)20)9-13(12)17-14(18)8-10-4-2-1-3-5-10/h1-7,9H,8H2,(H,17,18)(H,19,20). The topological polar surface area (TPSA) is 66.4 Å². The number of halogens is 1. The molecule has 0 saturated carbocycles. The molecule has 0 heterocycles. The smallest absolute Gasteiger partial charge is 0.335 e. The average Bonchev–Trinajstić information content (AvgIpc) is 2.42. The Morgan fingerprint density at radius 3 is 2.45 bits per heavy atom. The number of nitrogens with one attached hydrogen (secondary N) is 1. The van der Waals surface area contributed by atoms with Crippen molar-refractivity contribution >= 4 is 17.6 Å². The van der Waals surface area contributed by atoms with Crippen molar-refractivity contribution in [1.82, 2.24) is 0 Å². The number of rotatable bonds is 4. The first-order valence-electron chi connectivity index (χ1n) is 5.93. The van der Waals surface area contributed by atoms with Gasteiger partial charge in [-0.1, -0.05) is 30.3 Å². The molecule has 2 N–H and O–H groups in total. The predicted molar refractivity (Wildman–Crippen MR) is 72.1 cm³/mol. The van der Waals surface area contributed by atoms with Crippen LogP contribution < -0.4 is 5.32 Å². The van der Waals surface area contributed by atoms with Gasteiger partial charge in [0, 0.05) is 0 Å². The third-order valence-electron chi connectivity index (χ3n) is 2.69. The molecule has 2 aromatic rings. The van der Waals surface area contributed by atoms with Crippen LogP contribution in [0.3, 0.4) is 0 Å². The van der Waals surface area contributed by atoms with Crippen LogP contribution >= 0.6 is 0 Å². The van der Waals surface area contributed by atoms with Crippen molar-refractivity contribution in [3.05, 3.63) is 65.5 Å². The summed E-state index contributed by atoms with van der Waals surface area (Å²) in [5.74, 6) is -2.25. The van der Waals surface area contributed by atoms with Gasteiger partial charge in [-0.3, -0.25) is 4.79 Å². The second-order valence-corrected chi connectivity index (χ2v) is 4.21. The highest BCUT2D eigenvalue weighted by atomic mass is 19.1. The minimum atomic E-state index is -1.18. The molecule has 0 unspecified atom stereocenters. The van der Waals surface area contributed by atoms with E-state index in [1.54, 1.807) is 24.3 Å². The van der Waals surface area contributed by atoms with Gasteiger partial charge in [0.05, 0.1) is 17.7 Å². The number of benzene rings is 2. The third-order valence-corrected chi connectivity index (χ3v) is 2.69. The highest BCUT2D eigenvalue weighted by Gasteiger charge is 2.11. The number of carboxylic acid groups (broad SMARTS) is 1. The normalized spacial score (nSPS) is 10.1. The first kappa shape index (κ1) is 13.7. The second-order valence-electron chi connectivity index (χ2n) is 4.21. The summed E-state index contributed by atoms with van der Waals surface area (Å²) in [7, 11) is 0. The van der Waals surface area contributed by atoms with Crippen LogP contribution in [0, 0.1) is 5.82 Å². The number of carbonyl (C=O) groups is 2. The quantitative estimate of drug-likeness (QED) is 0.900. The molecule has 20 heavy (non-hydrogen) atoms. The van der Waals surface area contributed by atoms with Crippen molar-refractivity contribution in [3.8, 4) is 0 Å². The van der Waals surface area contributed by atoms with Crippen LogP contribution in [-0.2, 0) is 11.2 Å². The summed E-state index contributed by atoms with van der Waals surface area (Å²) in [6.07, 6.45) is 0.0948. The summed E-state index contributed by atoms with van der Waals surface area (Å²) in [6.45, 7) is 0.